The van der Waals surface area contributed by atoms with E-state index in [9.17, 15) is 9.59 Å². The fourth-order valence-electron chi connectivity index (χ4n) is 2.57. The van der Waals surface area contributed by atoms with Crippen molar-refractivity contribution in [1.82, 2.24) is 0 Å². The van der Waals surface area contributed by atoms with Gasteiger partial charge in [-0.1, -0.05) is 18.2 Å². The maximum atomic E-state index is 12.3. The molecule has 4 nitrogen and oxygen atoms in total. The summed E-state index contributed by atoms with van der Waals surface area (Å²) in [6, 6.07) is 7.79. The van der Waals surface area contributed by atoms with E-state index in [2.05, 4.69) is 0 Å². The lowest BCUT2D eigenvalue weighted by Crippen LogP contribution is -2.38. The number of esters is 1. The SMILES string of the molecule is O=C(OCC(=O)N1CCCc2ccccc21)C1CC1(Cl)Cl. The average Bonchev–Trinajstić information content (AvgIpc) is 3.12. The number of para-hydroxylation sites is 1. The van der Waals surface area contributed by atoms with E-state index in [-0.39, 0.29) is 12.5 Å². The molecule has 0 N–H and O–H groups in total. The van der Waals surface area contributed by atoms with Gasteiger partial charge in [0.25, 0.3) is 5.91 Å². The molecule has 1 aromatic rings. The van der Waals surface area contributed by atoms with Crippen LogP contribution in [0.1, 0.15) is 18.4 Å². The summed E-state index contributed by atoms with van der Waals surface area (Å²) >= 11 is 11.6. The molecular weight excluding hydrogens is 313 g/mol. The van der Waals surface area contributed by atoms with E-state index in [1.54, 1.807) is 4.90 Å². The molecule has 0 bridgehead atoms. The molecule has 112 valence electrons. The van der Waals surface area contributed by atoms with E-state index in [1.807, 2.05) is 24.3 Å². The summed E-state index contributed by atoms with van der Waals surface area (Å²) in [6.45, 7) is 0.374. The fourth-order valence-corrected chi connectivity index (χ4v) is 3.06. The lowest BCUT2D eigenvalue weighted by molar-refractivity contribution is -0.149. The molecule has 0 radical (unpaired) electrons. The highest BCUT2D eigenvalue weighted by molar-refractivity contribution is 6.52. The molecule has 1 heterocycles. The van der Waals surface area contributed by atoms with Gasteiger partial charge >= 0.3 is 5.97 Å². The van der Waals surface area contributed by atoms with E-state index in [0.29, 0.717) is 13.0 Å². The Kier molecular flexibility index (Phi) is 3.84. The number of nitrogens with zero attached hydrogens (tertiary/aromatic N) is 1. The molecule has 1 atom stereocenters. The third-order valence-electron chi connectivity index (χ3n) is 3.86. The van der Waals surface area contributed by atoms with E-state index in [1.165, 1.54) is 0 Å². The van der Waals surface area contributed by atoms with Gasteiger partial charge in [-0.2, -0.15) is 0 Å². The first-order valence-corrected chi connectivity index (χ1v) is 7.67. The van der Waals surface area contributed by atoms with Gasteiger partial charge in [0.1, 0.15) is 4.33 Å². The Bertz CT molecular complexity index is 588. The number of carbonyl (C=O) groups is 2. The van der Waals surface area contributed by atoms with Gasteiger partial charge in [-0.15, -0.1) is 23.2 Å². The highest BCUT2D eigenvalue weighted by Crippen LogP contribution is 2.53. The molecule has 0 aromatic heterocycles. The van der Waals surface area contributed by atoms with E-state index < -0.39 is 16.2 Å². The van der Waals surface area contributed by atoms with Crippen LogP contribution in [-0.4, -0.2) is 29.4 Å². The van der Waals surface area contributed by atoms with Gasteiger partial charge in [-0.25, -0.2) is 0 Å². The van der Waals surface area contributed by atoms with Gasteiger partial charge in [0.2, 0.25) is 0 Å². The van der Waals surface area contributed by atoms with Crippen molar-refractivity contribution < 1.29 is 14.3 Å². The maximum absolute atomic E-state index is 12.3. The number of anilines is 1. The normalized spacial score (nSPS) is 22.4. The first kappa shape index (κ1) is 14.7. The quantitative estimate of drug-likeness (QED) is 0.633. The van der Waals surface area contributed by atoms with Gasteiger partial charge in [0, 0.05) is 12.2 Å². The zero-order valence-electron chi connectivity index (χ0n) is 11.4. The van der Waals surface area contributed by atoms with Crippen LogP contribution < -0.4 is 4.90 Å². The van der Waals surface area contributed by atoms with Crippen LogP contribution >= 0.6 is 23.2 Å². The molecule has 1 aliphatic carbocycles. The Labute approximate surface area is 133 Å². The molecule has 1 aromatic carbocycles. The van der Waals surface area contributed by atoms with Gasteiger partial charge in [0.15, 0.2) is 6.61 Å². The van der Waals surface area contributed by atoms with Gasteiger partial charge in [-0.05, 0) is 30.9 Å². The minimum Gasteiger partial charge on any atom is -0.455 e. The molecule has 1 aliphatic heterocycles. The van der Waals surface area contributed by atoms with Crippen molar-refractivity contribution in [1.29, 1.82) is 0 Å². The maximum Gasteiger partial charge on any atom is 0.312 e. The molecule has 1 amide bonds. The van der Waals surface area contributed by atoms with Gasteiger partial charge < -0.3 is 9.64 Å². The Morgan fingerprint density at radius 2 is 2.05 bits per heavy atom. The lowest BCUT2D eigenvalue weighted by atomic mass is 10.0. The summed E-state index contributed by atoms with van der Waals surface area (Å²) in [7, 11) is 0. The number of fused-ring (bicyclic) bond motifs is 1. The summed E-state index contributed by atoms with van der Waals surface area (Å²) in [5.41, 5.74) is 2.05. The van der Waals surface area contributed by atoms with E-state index in [0.717, 1.165) is 24.1 Å². The zero-order chi connectivity index (χ0) is 15.0. The number of carbonyl (C=O) groups excluding carboxylic acids is 2. The number of halogens is 2. The summed E-state index contributed by atoms with van der Waals surface area (Å²) < 4.78 is 4.02. The number of hydrogen-bond donors (Lipinski definition) is 0. The Balaban J connectivity index is 1.61. The average molecular weight is 328 g/mol. The second-order valence-corrected chi connectivity index (χ2v) is 6.95. The minimum absolute atomic E-state index is 0.217. The number of aryl methyl sites for hydroxylation is 1. The predicted molar refractivity (Wildman–Crippen MR) is 80.6 cm³/mol. The topological polar surface area (TPSA) is 46.6 Å². The van der Waals surface area contributed by atoms with Crippen molar-refractivity contribution in [2.75, 3.05) is 18.1 Å². The highest BCUT2D eigenvalue weighted by Gasteiger charge is 2.57. The summed E-state index contributed by atoms with van der Waals surface area (Å²) in [6.07, 6.45) is 2.25. The Morgan fingerprint density at radius 3 is 2.76 bits per heavy atom. The van der Waals surface area contributed by atoms with Crippen LogP contribution in [-0.2, 0) is 20.7 Å². The molecule has 21 heavy (non-hydrogen) atoms. The van der Waals surface area contributed by atoms with Gasteiger partial charge in [-0.3, -0.25) is 9.59 Å². The molecule has 2 aliphatic rings. The monoisotopic (exact) mass is 327 g/mol. The van der Waals surface area contributed by atoms with Crippen molar-refractivity contribution in [3.8, 4) is 0 Å². The first-order valence-electron chi connectivity index (χ1n) is 6.92. The van der Waals surface area contributed by atoms with E-state index in [4.69, 9.17) is 27.9 Å². The summed E-state index contributed by atoms with van der Waals surface area (Å²) in [5, 5.41) is 0. The number of hydrogen-bond acceptors (Lipinski definition) is 3. The zero-order valence-corrected chi connectivity index (χ0v) is 12.9. The van der Waals surface area contributed by atoms with Crippen LogP contribution in [0.5, 0.6) is 0 Å². The Morgan fingerprint density at radius 1 is 1.33 bits per heavy atom. The van der Waals surface area contributed by atoms with Crippen molar-refractivity contribution in [2.24, 2.45) is 5.92 Å². The molecule has 1 fully saturated rings. The van der Waals surface area contributed by atoms with Crippen LogP contribution in [0.4, 0.5) is 5.69 Å². The van der Waals surface area contributed by atoms with Crippen LogP contribution in [0.25, 0.3) is 0 Å². The second-order valence-electron chi connectivity index (χ2n) is 5.40. The van der Waals surface area contributed by atoms with Crippen LogP contribution in [0.2, 0.25) is 0 Å². The number of rotatable bonds is 3. The van der Waals surface area contributed by atoms with E-state index >= 15 is 0 Å². The number of alkyl halides is 2. The second kappa shape index (κ2) is 5.50. The number of benzene rings is 1. The molecule has 6 heteroatoms. The van der Waals surface area contributed by atoms with Crippen LogP contribution in [0, 0.1) is 5.92 Å². The third-order valence-corrected chi connectivity index (χ3v) is 4.70. The largest absolute Gasteiger partial charge is 0.455 e. The minimum atomic E-state index is -1.02. The highest BCUT2D eigenvalue weighted by atomic mass is 35.5. The number of ether oxygens (including phenoxy) is 1. The molecule has 1 saturated carbocycles. The van der Waals surface area contributed by atoms with Crippen LogP contribution in [0.3, 0.4) is 0 Å². The lowest BCUT2D eigenvalue weighted by Gasteiger charge is -2.29. The molecule has 3 rings (SSSR count). The molecule has 0 spiro atoms. The first-order chi connectivity index (χ1) is 9.99. The van der Waals surface area contributed by atoms with Crippen molar-refractivity contribution in [3.63, 3.8) is 0 Å². The van der Waals surface area contributed by atoms with Crippen LogP contribution in [0.15, 0.2) is 24.3 Å². The molecule has 1 unspecified atom stereocenters. The van der Waals surface area contributed by atoms with Crippen molar-refractivity contribution in [3.05, 3.63) is 29.8 Å². The third kappa shape index (κ3) is 3.01. The predicted octanol–water partition coefficient (Wildman–Crippen LogP) is 2.70. The summed E-state index contributed by atoms with van der Waals surface area (Å²) in [5.74, 6) is -1.23. The van der Waals surface area contributed by atoms with Gasteiger partial charge in [0.05, 0.1) is 5.92 Å². The molecular formula is C15H15Cl2NO3. The standard InChI is InChI=1S/C15H15Cl2NO3/c16-15(17)8-11(15)14(20)21-9-13(19)18-7-3-5-10-4-1-2-6-12(10)18/h1-2,4,6,11H,3,5,7-9H2. The molecule has 0 saturated heterocycles. The number of amides is 1. The van der Waals surface area contributed by atoms with Crippen molar-refractivity contribution >= 4 is 40.8 Å². The van der Waals surface area contributed by atoms with Crippen molar-refractivity contribution in [2.45, 2.75) is 23.6 Å². The smallest absolute Gasteiger partial charge is 0.312 e. The fraction of sp³-hybridized carbons (Fsp3) is 0.467. The summed E-state index contributed by atoms with van der Waals surface area (Å²) in [4.78, 5) is 25.6. The Hall–Kier alpha value is -1.26.